The lowest BCUT2D eigenvalue weighted by molar-refractivity contribution is 0.0594. The van der Waals surface area contributed by atoms with Crippen LogP contribution in [0.2, 0.25) is 0 Å². The van der Waals surface area contributed by atoms with E-state index in [1.165, 1.54) is 13.5 Å². The first kappa shape index (κ1) is 13.8. The van der Waals surface area contributed by atoms with Gasteiger partial charge in [0.05, 0.1) is 7.11 Å². The minimum atomic E-state index is -0.406. The average molecular weight is 263 g/mol. The number of carbonyl (C=O) groups is 1. The van der Waals surface area contributed by atoms with E-state index >= 15 is 0 Å². The zero-order valence-corrected chi connectivity index (χ0v) is 11.5. The fraction of sp³-hybridized carbons (Fsp3) is 0.571. The third-order valence-electron chi connectivity index (χ3n) is 3.63. The van der Waals surface area contributed by atoms with Gasteiger partial charge in [0.25, 0.3) is 0 Å². The summed E-state index contributed by atoms with van der Waals surface area (Å²) in [5, 5.41) is 0. The van der Waals surface area contributed by atoms with Gasteiger partial charge in [-0.1, -0.05) is 0 Å². The lowest BCUT2D eigenvalue weighted by Crippen LogP contribution is -2.49. The Morgan fingerprint density at radius 2 is 2.37 bits per heavy atom. The summed E-state index contributed by atoms with van der Waals surface area (Å²) >= 11 is 0. The first-order valence-electron chi connectivity index (χ1n) is 6.70. The molecule has 5 nitrogen and oxygen atoms in total. The standard InChI is InChI=1S/C14H21N3O2/c1-10(15)13-5-3-4-8-17(13)11-6-7-16-12(9-11)14(18)19-2/h6-7,9-10,13H,3-5,8,15H2,1-2H3. The molecule has 2 N–H and O–H groups in total. The summed E-state index contributed by atoms with van der Waals surface area (Å²) in [6, 6.07) is 4.14. The number of ether oxygens (including phenoxy) is 1. The molecule has 5 heteroatoms. The highest BCUT2D eigenvalue weighted by Gasteiger charge is 2.26. The molecule has 2 heterocycles. The van der Waals surface area contributed by atoms with Gasteiger partial charge >= 0.3 is 5.97 Å². The van der Waals surface area contributed by atoms with E-state index in [4.69, 9.17) is 10.5 Å². The van der Waals surface area contributed by atoms with Crippen molar-refractivity contribution in [1.82, 2.24) is 4.98 Å². The molecule has 1 fully saturated rings. The molecule has 1 aromatic rings. The summed E-state index contributed by atoms with van der Waals surface area (Å²) in [5.41, 5.74) is 7.41. The minimum Gasteiger partial charge on any atom is -0.464 e. The highest BCUT2D eigenvalue weighted by atomic mass is 16.5. The molecule has 0 amide bonds. The zero-order valence-electron chi connectivity index (χ0n) is 11.5. The van der Waals surface area contributed by atoms with E-state index in [1.54, 1.807) is 12.3 Å². The molecule has 0 radical (unpaired) electrons. The summed E-state index contributed by atoms with van der Waals surface area (Å²) in [4.78, 5) is 17.9. The SMILES string of the molecule is COC(=O)c1cc(N2CCCCC2C(C)N)ccn1. The van der Waals surface area contributed by atoms with Gasteiger partial charge in [-0.2, -0.15) is 0 Å². The van der Waals surface area contributed by atoms with Crippen molar-refractivity contribution in [3.8, 4) is 0 Å². The highest BCUT2D eigenvalue weighted by Crippen LogP contribution is 2.26. The van der Waals surface area contributed by atoms with Crippen LogP contribution in [-0.2, 0) is 4.74 Å². The molecule has 1 aliphatic rings. The van der Waals surface area contributed by atoms with Crippen LogP contribution in [0.5, 0.6) is 0 Å². The van der Waals surface area contributed by atoms with Crippen molar-refractivity contribution in [2.24, 2.45) is 5.73 Å². The number of piperidine rings is 1. The summed E-state index contributed by atoms with van der Waals surface area (Å²) in [5.74, 6) is -0.406. The lowest BCUT2D eigenvalue weighted by Gasteiger charge is -2.39. The van der Waals surface area contributed by atoms with Gasteiger partial charge in [0.2, 0.25) is 0 Å². The quantitative estimate of drug-likeness (QED) is 0.838. The van der Waals surface area contributed by atoms with Crippen molar-refractivity contribution < 1.29 is 9.53 Å². The fourth-order valence-electron chi connectivity index (χ4n) is 2.64. The van der Waals surface area contributed by atoms with Gasteiger partial charge in [-0.15, -0.1) is 0 Å². The fourth-order valence-corrected chi connectivity index (χ4v) is 2.64. The van der Waals surface area contributed by atoms with Crippen LogP contribution in [0.25, 0.3) is 0 Å². The van der Waals surface area contributed by atoms with Crippen LogP contribution in [0, 0.1) is 0 Å². The first-order valence-corrected chi connectivity index (χ1v) is 6.70. The van der Waals surface area contributed by atoms with Gasteiger partial charge in [-0.05, 0) is 38.3 Å². The zero-order chi connectivity index (χ0) is 13.8. The number of nitrogens with two attached hydrogens (primary N) is 1. The van der Waals surface area contributed by atoms with E-state index in [9.17, 15) is 4.79 Å². The molecule has 1 saturated heterocycles. The maximum atomic E-state index is 11.5. The van der Waals surface area contributed by atoms with Gasteiger partial charge in [0.1, 0.15) is 5.69 Å². The van der Waals surface area contributed by atoms with Crippen molar-refractivity contribution in [2.45, 2.75) is 38.3 Å². The molecule has 0 spiro atoms. The molecular weight excluding hydrogens is 242 g/mol. The Bertz CT molecular complexity index is 448. The smallest absolute Gasteiger partial charge is 0.356 e. The molecule has 2 atom stereocenters. The monoisotopic (exact) mass is 263 g/mol. The molecule has 0 bridgehead atoms. The van der Waals surface area contributed by atoms with E-state index in [0.29, 0.717) is 11.7 Å². The Morgan fingerprint density at radius 3 is 3.05 bits per heavy atom. The number of esters is 1. The van der Waals surface area contributed by atoms with Gasteiger partial charge < -0.3 is 15.4 Å². The van der Waals surface area contributed by atoms with Gasteiger partial charge in [-0.25, -0.2) is 9.78 Å². The predicted molar refractivity (Wildman–Crippen MR) is 74.2 cm³/mol. The molecule has 2 rings (SSSR count). The Labute approximate surface area is 113 Å². The number of nitrogens with zero attached hydrogens (tertiary/aromatic N) is 2. The molecule has 19 heavy (non-hydrogen) atoms. The molecule has 104 valence electrons. The number of rotatable bonds is 3. The predicted octanol–water partition coefficient (Wildman–Crippen LogP) is 1.57. The maximum Gasteiger partial charge on any atom is 0.356 e. The second-order valence-electron chi connectivity index (χ2n) is 5.01. The summed E-state index contributed by atoms with van der Waals surface area (Å²) in [7, 11) is 1.36. The van der Waals surface area contributed by atoms with E-state index in [0.717, 1.165) is 25.1 Å². The van der Waals surface area contributed by atoms with Gasteiger partial charge in [0, 0.05) is 30.5 Å². The number of aromatic nitrogens is 1. The summed E-state index contributed by atoms with van der Waals surface area (Å²) in [6.45, 7) is 3.00. The van der Waals surface area contributed by atoms with Crippen molar-refractivity contribution >= 4 is 11.7 Å². The normalized spacial score (nSPS) is 21.0. The van der Waals surface area contributed by atoms with Crippen LogP contribution in [0.15, 0.2) is 18.3 Å². The molecule has 0 saturated carbocycles. The maximum absolute atomic E-state index is 11.5. The third kappa shape index (κ3) is 3.04. The first-order chi connectivity index (χ1) is 9.13. The summed E-state index contributed by atoms with van der Waals surface area (Å²) in [6.07, 6.45) is 5.10. The van der Waals surface area contributed by atoms with Gasteiger partial charge in [0.15, 0.2) is 0 Å². The molecule has 1 aliphatic heterocycles. The number of anilines is 1. The molecule has 2 unspecified atom stereocenters. The van der Waals surface area contributed by atoms with Crippen molar-refractivity contribution in [3.05, 3.63) is 24.0 Å². The second-order valence-corrected chi connectivity index (χ2v) is 5.01. The highest BCUT2D eigenvalue weighted by molar-refractivity contribution is 5.88. The van der Waals surface area contributed by atoms with E-state index < -0.39 is 5.97 Å². The van der Waals surface area contributed by atoms with Crippen LogP contribution in [0.4, 0.5) is 5.69 Å². The van der Waals surface area contributed by atoms with Crippen LogP contribution >= 0.6 is 0 Å². The Balaban J connectivity index is 2.26. The third-order valence-corrected chi connectivity index (χ3v) is 3.63. The molecule has 0 aliphatic carbocycles. The molecule has 0 aromatic carbocycles. The lowest BCUT2D eigenvalue weighted by atomic mass is 9.96. The molecule has 1 aromatic heterocycles. The largest absolute Gasteiger partial charge is 0.464 e. The average Bonchev–Trinajstić information content (AvgIpc) is 2.46. The van der Waals surface area contributed by atoms with Crippen LogP contribution < -0.4 is 10.6 Å². The number of carbonyl (C=O) groups excluding carboxylic acids is 1. The van der Waals surface area contributed by atoms with E-state index in [-0.39, 0.29) is 6.04 Å². The van der Waals surface area contributed by atoms with Gasteiger partial charge in [-0.3, -0.25) is 0 Å². The van der Waals surface area contributed by atoms with Crippen LogP contribution in [0.1, 0.15) is 36.7 Å². The van der Waals surface area contributed by atoms with E-state index in [1.807, 2.05) is 13.0 Å². The summed E-state index contributed by atoms with van der Waals surface area (Å²) < 4.78 is 4.71. The molecular formula is C14H21N3O2. The Kier molecular flexibility index (Phi) is 4.37. The van der Waals surface area contributed by atoms with Crippen LogP contribution in [-0.4, -0.2) is 36.7 Å². The number of hydrogen-bond acceptors (Lipinski definition) is 5. The Hall–Kier alpha value is -1.62. The van der Waals surface area contributed by atoms with Crippen LogP contribution in [0.3, 0.4) is 0 Å². The van der Waals surface area contributed by atoms with Crippen molar-refractivity contribution in [3.63, 3.8) is 0 Å². The number of methoxy groups -OCH3 is 1. The van der Waals surface area contributed by atoms with E-state index in [2.05, 4.69) is 9.88 Å². The minimum absolute atomic E-state index is 0.107. The second kappa shape index (κ2) is 6.02. The van der Waals surface area contributed by atoms with Crippen molar-refractivity contribution in [1.29, 1.82) is 0 Å². The topological polar surface area (TPSA) is 68.5 Å². The number of pyridine rings is 1. The number of hydrogen-bond donors (Lipinski definition) is 1. The van der Waals surface area contributed by atoms with Crippen molar-refractivity contribution in [2.75, 3.05) is 18.6 Å². The Morgan fingerprint density at radius 1 is 1.58 bits per heavy atom.